The molecule has 0 radical (unpaired) electrons. The van der Waals surface area contributed by atoms with Crippen molar-refractivity contribution < 1.29 is 19.4 Å². The Balaban J connectivity index is 2.12. The quantitative estimate of drug-likeness (QED) is 0.654. The summed E-state index contributed by atoms with van der Waals surface area (Å²) in [4.78, 5) is 10.9. The number of carboxylic acids is 1. The second-order valence-electron chi connectivity index (χ2n) is 5.17. The summed E-state index contributed by atoms with van der Waals surface area (Å²) in [6.45, 7) is 5.97. The maximum atomic E-state index is 10.9. The molecule has 0 bridgehead atoms. The fourth-order valence-electron chi connectivity index (χ4n) is 1.96. The van der Waals surface area contributed by atoms with Crippen LogP contribution >= 0.6 is 0 Å². The Morgan fingerprint density at radius 2 is 2.24 bits per heavy atom. The average Bonchev–Trinajstić information content (AvgIpc) is 2.61. The van der Waals surface area contributed by atoms with E-state index >= 15 is 0 Å². The summed E-state index contributed by atoms with van der Waals surface area (Å²) in [5, 5.41) is 8.96. The number of carbonyl (C=O) groups is 1. The highest BCUT2D eigenvalue weighted by Gasteiger charge is 2.42. The zero-order valence-corrected chi connectivity index (χ0v) is 10.6. The Hall–Kier alpha value is -0.650. The lowest BCUT2D eigenvalue weighted by atomic mass is 10.00. The monoisotopic (exact) mass is 245 g/mol. The van der Waals surface area contributed by atoms with Crippen molar-refractivity contribution in [1.82, 2.24) is 0 Å². The molecule has 0 aromatic heterocycles. The van der Waals surface area contributed by atoms with E-state index in [9.17, 15) is 4.79 Å². The summed E-state index contributed by atoms with van der Waals surface area (Å²) in [5.74, 6) is -0.412. The molecule has 0 aliphatic heterocycles. The van der Waals surface area contributed by atoms with E-state index in [-0.39, 0.29) is 6.10 Å². The van der Waals surface area contributed by atoms with E-state index in [2.05, 4.69) is 13.8 Å². The molecule has 0 aromatic rings. The molecule has 0 heterocycles. The van der Waals surface area contributed by atoms with Crippen LogP contribution in [0.5, 0.6) is 0 Å². The van der Waals surface area contributed by atoms with Gasteiger partial charge in [-0.1, -0.05) is 13.8 Å². The highest BCUT2D eigenvalue weighted by Crippen LogP contribution is 2.29. The van der Waals surface area contributed by atoms with Gasteiger partial charge >= 0.3 is 5.97 Å². The van der Waals surface area contributed by atoms with Crippen LogP contribution in [0.1, 0.15) is 33.1 Å². The van der Waals surface area contributed by atoms with Gasteiger partial charge in [-0.25, -0.2) is 0 Å². The summed E-state index contributed by atoms with van der Waals surface area (Å²) < 4.78 is 10.9. The topological polar surface area (TPSA) is 81.8 Å². The second kappa shape index (κ2) is 6.33. The van der Waals surface area contributed by atoms with E-state index in [1.807, 2.05) is 0 Å². The van der Waals surface area contributed by atoms with Crippen LogP contribution in [0.4, 0.5) is 0 Å². The smallest absolute Gasteiger partial charge is 0.323 e. The van der Waals surface area contributed by atoms with Crippen molar-refractivity contribution in [2.45, 2.75) is 44.8 Å². The van der Waals surface area contributed by atoms with Gasteiger partial charge in [0, 0.05) is 13.0 Å². The number of hydrogen-bond donors (Lipinski definition) is 2. The van der Waals surface area contributed by atoms with Crippen molar-refractivity contribution in [3.63, 3.8) is 0 Å². The predicted octanol–water partition coefficient (Wildman–Crippen LogP) is 1.01. The molecule has 1 aliphatic carbocycles. The molecule has 5 nitrogen and oxygen atoms in total. The summed E-state index contributed by atoms with van der Waals surface area (Å²) in [6, 6.07) is 0. The average molecular weight is 245 g/mol. The summed E-state index contributed by atoms with van der Waals surface area (Å²) in [6.07, 6.45) is 1.55. The zero-order valence-electron chi connectivity index (χ0n) is 10.6. The van der Waals surface area contributed by atoms with Crippen LogP contribution in [0, 0.1) is 5.92 Å². The Bertz CT molecular complexity index is 257. The molecule has 17 heavy (non-hydrogen) atoms. The van der Waals surface area contributed by atoms with Gasteiger partial charge in [-0.3, -0.25) is 4.79 Å². The molecular formula is C12H23NO4. The van der Waals surface area contributed by atoms with Crippen LogP contribution in [-0.4, -0.2) is 42.5 Å². The molecule has 0 saturated heterocycles. The van der Waals surface area contributed by atoms with Gasteiger partial charge in [-0.05, 0) is 18.8 Å². The van der Waals surface area contributed by atoms with Crippen molar-refractivity contribution >= 4 is 5.97 Å². The van der Waals surface area contributed by atoms with Gasteiger partial charge < -0.3 is 20.3 Å². The van der Waals surface area contributed by atoms with Gasteiger partial charge in [0.2, 0.25) is 0 Å². The Morgan fingerprint density at radius 3 is 2.76 bits per heavy atom. The predicted molar refractivity (Wildman–Crippen MR) is 63.8 cm³/mol. The van der Waals surface area contributed by atoms with Crippen LogP contribution in [0.15, 0.2) is 0 Å². The van der Waals surface area contributed by atoms with Crippen molar-refractivity contribution in [3.05, 3.63) is 0 Å². The van der Waals surface area contributed by atoms with Crippen molar-refractivity contribution in [1.29, 1.82) is 0 Å². The first-order valence-corrected chi connectivity index (χ1v) is 6.15. The first kappa shape index (κ1) is 14.4. The number of carboxylic acid groups (broad SMARTS) is 1. The van der Waals surface area contributed by atoms with Crippen LogP contribution < -0.4 is 5.73 Å². The number of rotatable bonds is 7. The number of ether oxygens (including phenoxy) is 2. The maximum Gasteiger partial charge on any atom is 0.323 e. The largest absolute Gasteiger partial charge is 0.480 e. The molecule has 100 valence electrons. The normalized spacial score (nSPS) is 28.8. The third kappa shape index (κ3) is 4.61. The molecule has 0 aromatic carbocycles. The molecule has 2 atom stereocenters. The van der Waals surface area contributed by atoms with Crippen molar-refractivity contribution in [2.75, 3.05) is 19.8 Å². The standard InChI is InChI=1S/C12H23NO4/c1-9(2)8-16-5-6-17-10-3-4-12(13,7-10)11(14)15/h9-10H,3-8,13H2,1-2H3,(H,14,15). The molecule has 0 amide bonds. The van der Waals surface area contributed by atoms with E-state index in [4.69, 9.17) is 20.3 Å². The van der Waals surface area contributed by atoms with Crippen LogP contribution in [-0.2, 0) is 14.3 Å². The minimum Gasteiger partial charge on any atom is -0.480 e. The first-order valence-electron chi connectivity index (χ1n) is 6.15. The van der Waals surface area contributed by atoms with Gasteiger partial charge in [-0.2, -0.15) is 0 Å². The Morgan fingerprint density at radius 1 is 1.53 bits per heavy atom. The highest BCUT2D eigenvalue weighted by atomic mass is 16.5. The minimum atomic E-state index is -1.09. The van der Waals surface area contributed by atoms with Crippen LogP contribution in [0.25, 0.3) is 0 Å². The number of nitrogens with two attached hydrogens (primary N) is 1. The van der Waals surface area contributed by atoms with E-state index < -0.39 is 11.5 Å². The SMILES string of the molecule is CC(C)COCCOC1CCC(N)(C(=O)O)C1. The molecule has 1 saturated carbocycles. The van der Waals surface area contributed by atoms with E-state index in [1.165, 1.54) is 0 Å². The van der Waals surface area contributed by atoms with E-state index in [0.29, 0.717) is 38.4 Å². The Labute approximate surface area is 102 Å². The molecule has 3 N–H and O–H groups in total. The van der Waals surface area contributed by atoms with E-state index in [0.717, 1.165) is 6.61 Å². The van der Waals surface area contributed by atoms with Gasteiger partial charge in [0.25, 0.3) is 0 Å². The van der Waals surface area contributed by atoms with Crippen molar-refractivity contribution in [3.8, 4) is 0 Å². The van der Waals surface area contributed by atoms with E-state index in [1.54, 1.807) is 0 Å². The molecule has 2 unspecified atom stereocenters. The summed E-state index contributed by atoms with van der Waals surface area (Å²) in [5.41, 5.74) is 4.66. The third-order valence-corrected chi connectivity index (χ3v) is 2.96. The molecule has 5 heteroatoms. The molecule has 1 fully saturated rings. The zero-order chi connectivity index (χ0) is 12.9. The van der Waals surface area contributed by atoms with Crippen LogP contribution in [0.3, 0.4) is 0 Å². The lowest BCUT2D eigenvalue weighted by Gasteiger charge is -2.18. The minimum absolute atomic E-state index is 0.0428. The van der Waals surface area contributed by atoms with Gasteiger partial charge in [0.05, 0.1) is 19.3 Å². The fourth-order valence-corrected chi connectivity index (χ4v) is 1.96. The molecule has 1 rings (SSSR count). The maximum absolute atomic E-state index is 10.9. The molecule has 1 aliphatic rings. The summed E-state index contributed by atoms with van der Waals surface area (Å²) in [7, 11) is 0. The number of hydrogen-bond acceptors (Lipinski definition) is 4. The lowest BCUT2D eigenvalue weighted by molar-refractivity contribution is -0.143. The first-order chi connectivity index (χ1) is 7.94. The van der Waals surface area contributed by atoms with Gasteiger partial charge in [-0.15, -0.1) is 0 Å². The number of aliphatic carboxylic acids is 1. The second-order valence-corrected chi connectivity index (χ2v) is 5.17. The highest BCUT2D eigenvalue weighted by molar-refractivity contribution is 5.78. The van der Waals surface area contributed by atoms with Gasteiger partial charge in [0.15, 0.2) is 0 Å². The fraction of sp³-hybridized carbons (Fsp3) is 0.917. The van der Waals surface area contributed by atoms with Crippen molar-refractivity contribution in [2.24, 2.45) is 11.7 Å². The summed E-state index contributed by atoms with van der Waals surface area (Å²) >= 11 is 0. The lowest BCUT2D eigenvalue weighted by Crippen LogP contribution is -2.45. The molecular weight excluding hydrogens is 222 g/mol. The molecule has 0 spiro atoms. The van der Waals surface area contributed by atoms with Gasteiger partial charge in [0.1, 0.15) is 5.54 Å². The third-order valence-electron chi connectivity index (χ3n) is 2.96. The Kier molecular flexibility index (Phi) is 5.36. The van der Waals surface area contributed by atoms with Crippen LogP contribution in [0.2, 0.25) is 0 Å².